The maximum Gasteiger partial charge on any atom is 0.339 e. The molecule has 4 rings (SSSR count). The number of para-hydroxylation sites is 2. The van der Waals surface area contributed by atoms with Gasteiger partial charge in [0.1, 0.15) is 6.61 Å². The Balaban J connectivity index is 1.57. The molecule has 2 heterocycles. The third kappa shape index (κ3) is 3.54. The largest absolute Gasteiger partial charge is 0.455 e. The van der Waals surface area contributed by atoms with E-state index in [2.05, 4.69) is 9.97 Å². The standard InChI is InChI=1S/C22H16N2O3S/c1-14-19(24-18-10-5-4-9-17(18)23-14)13-27-22(26)16-8-3-2-7-15(16)21(25)20-11-6-12-28-20/h2-12H,13H2,1H3. The van der Waals surface area contributed by atoms with Crippen molar-refractivity contribution in [1.29, 1.82) is 0 Å². The van der Waals surface area contributed by atoms with Crippen molar-refractivity contribution in [2.45, 2.75) is 13.5 Å². The SMILES string of the molecule is Cc1nc2ccccc2nc1COC(=O)c1ccccc1C(=O)c1cccs1. The lowest BCUT2D eigenvalue weighted by molar-refractivity contribution is 0.0464. The number of thiophene rings is 1. The van der Waals surface area contributed by atoms with E-state index < -0.39 is 5.97 Å². The number of rotatable bonds is 5. The summed E-state index contributed by atoms with van der Waals surface area (Å²) in [5.41, 5.74) is 3.40. The number of hydrogen-bond acceptors (Lipinski definition) is 6. The predicted molar refractivity (Wildman–Crippen MR) is 108 cm³/mol. The maximum atomic E-state index is 12.7. The molecule has 4 aromatic rings. The number of esters is 1. The topological polar surface area (TPSA) is 69.2 Å². The molecule has 28 heavy (non-hydrogen) atoms. The Morgan fingerprint density at radius 1 is 0.893 bits per heavy atom. The van der Waals surface area contributed by atoms with Crippen LogP contribution in [0.3, 0.4) is 0 Å². The average Bonchev–Trinajstić information content (AvgIpc) is 3.26. The van der Waals surface area contributed by atoms with E-state index >= 15 is 0 Å². The van der Waals surface area contributed by atoms with Gasteiger partial charge in [-0.2, -0.15) is 0 Å². The van der Waals surface area contributed by atoms with Gasteiger partial charge < -0.3 is 4.74 Å². The lowest BCUT2D eigenvalue weighted by atomic mass is 10.0. The molecule has 2 aromatic carbocycles. The fraction of sp³-hybridized carbons (Fsp3) is 0.0909. The fourth-order valence-corrected chi connectivity index (χ4v) is 3.55. The maximum absolute atomic E-state index is 12.7. The summed E-state index contributed by atoms with van der Waals surface area (Å²) < 4.78 is 5.46. The number of carbonyl (C=O) groups is 2. The summed E-state index contributed by atoms with van der Waals surface area (Å²) in [6.45, 7) is 1.82. The minimum atomic E-state index is -0.560. The second kappa shape index (κ2) is 7.70. The van der Waals surface area contributed by atoms with Crippen LogP contribution in [0.5, 0.6) is 0 Å². The van der Waals surface area contributed by atoms with Crippen molar-refractivity contribution in [3.8, 4) is 0 Å². The Morgan fingerprint density at radius 3 is 2.29 bits per heavy atom. The molecule has 0 N–H and O–H groups in total. The third-order valence-corrected chi connectivity index (χ3v) is 5.19. The monoisotopic (exact) mass is 388 g/mol. The highest BCUT2D eigenvalue weighted by atomic mass is 32.1. The highest BCUT2D eigenvalue weighted by Crippen LogP contribution is 2.20. The van der Waals surface area contributed by atoms with Gasteiger partial charge in [0.25, 0.3) is 0 Å². The van der Waals surface area contributed by atoms with Gasteiger partial charge in [0.05, 0.1) is 32.9 Å². The van der Waals surface area contributed by atoms with Crippen LogP contribution < -0.4 is 0 Å². The number of nitrogens with zero attached hydrogens (tertiary/aromatic N) is 2. The molecule has 0 aliphatic rings. The molecule has 0 unspecified atom stereocenters. The molecule has 5 nitrogen and oxygen atoms in total. The molecule has 6 heteroatoms. The first-order valence-electron chi connectivity index (χ1n) is 8.70. The first-order chi connectivity index (χ1) is 13.6. The quantitative estimate of drug-likeness (QED) is 0.369. The number of hydrogen-bond donors (Lipinski definition) is 0. The van der Waals surface area contributed by atoms with Crippen molar-refractivity contribution in [2.24, 2.45) is 0 Å². The molecule has 0 aliphatic carbocycles. The van der Waals surface area contributed by atoms with Crippen LogP contribution in [0.1, 0.15) is 37.0 Å². The fourth-order valence-electron chi connectivity index (χ4n) is 2.87. The van der Waals surface area contributed by atoms with Gasteiger partial charge >= 0.3 is 5.97 Å². The first kappa shape index (κ1) is 18.0. The van der Waals surface area contributed by atoms with E-state index in [4.69, 9.17) is 4.74 Å². The van der Waals surface area contributed by atoms with Crippen LogP contribution in [-0.4, -0.2) is 21.7 Å². The smallest absolute Gasteiger partial charge is 0.339 e. The zero-order chi connectivity index (χ0) is 19.5. The number of benzene rings is 2. The molecule has 0 spiro atoms. The van der Waals surface area contributed by atoms with E-state index in [0.29, 0.717) is 21.8 Å². The van der Waals surface area contributed by atoms with Crippen LogP contribution >= 0.6 is 11.3 Å². The van der Waals surface area contributed by atoms with Crippen molar-refractivity contribution in [3.05, 3.63) is 93.4 Å². The van der Waals surface area contributed by atoms with Gasteiger partial charge in [-0.05, 0) is 36.6 Å². The average molecular weight is 388 g/mol. The molecule has 0 saturated carbocycles. The molecule has 0 aliphatic heterocycles. The van der Waals surface area contributed by atoms with Crippen molar-refractivity contribution in [3.63, 3.8) is 0 Å². The third-order valence-electron chi connectivity index (χ3n) is 4.32. The van der Waals surface area contributed by atoms with Crippen LogP contribution in [0.15, 0.2) is 66.0 Å². The van der Waals surface area contributed by atoms with Crippen LogP contribution in [0.4, 0.5) is 0 Å². The van der Waals surface area contributed by atoms with Gasteiger partial charge in [-0.3, -0.25) is 4.79 Å². The Hall–Kier alpha value is -3.38. The summed E-state index contributed by atoms with van der Waals surface area (Å²) in [7, 11) is 0. The lowest BCUT2D eigenvalue weighted by Gasteiger charge is -2.10. The van der Waals surface area contributed by atoms with Crippen molar-refractivity contribution in [1.82, 2.24) is 9.97 Å². The number of aryl methyl sites for hydroxylation is 1. The number of carbonyl (C=O) groups excluding carboxylic acids is 2. The van der Waals surface area contributed by atoms with Gasteiger partial charge in [0.15, 0.2) is 0 Å². The van der Waals surface area contributed by atoms with Crippen LogP contribution in [0.25, 0.3) is 11.0 Å². The van der Waals surface area contributed by atoms with E-state index in [1.165, 1.54) is 11.3 Å². The molecule has 0 amide bonds. The lowest BCUT2D eigenvalue weighted by Crippen LogP contribution is -2.13. The molecule has 0 saturated heterocycles. The summed E-state index contributed by atoms with van der Waals surface area (Å²) in [4.78, 5) is 35.0. The second-order valence-electron chi connectivity index (χ2n) is 6.17. The summed E-state index contributed by atoms with van der Waals surface area (Å²) in [6.07, 6.45) is 0. The van der Waals surface area contributed by atoms with Gasteiger partial charge in [0.2, 0.25) is 5.78 Å². The summed E-state index contributed by atoms with van der Waals surface area (Å²) in [5, 5.41) is 1.83. The molecule has 0 fully saturated rings. The van der Waals surface area contributed by atoms with E-state index in [1.807, 2.05) is 36.6 Å². The number of ketones is 1. The molecule has 2 aromatic heterocycles. The zero-order valence-corrected chi connectivity index (χ0v) is 15.9. The Bertz CT molecular complexity index is 1170. The molecule has 0 atom stereocenters. The first-order valence-corrected chi connectivity index (χ1v) is 9.58. The number of ether oxygens (including phenoxy) is 1. The van der Waals surface area contributed by atoms with E-state index in [9.17, 15) is 9.59 Å². The van der Waals surface area contributed by atoms with Crippen LogP contribution in [0.2, 0.25) is 0 Å². The minimum Gasteiger partial charge on any atom is -0.455 e. The Labute approximate surface area is 165 Å². The van der Waals surface area contributed by atoms with Gasteiger partial charge in [-0.15, -0.1) is 11.3 Å². The molecule has 0 bridgehead atoms. The highest BCUT2D eigenvalue weighted by molar-refractivity contribution is 7.12. The van der Waals surface area contributed by atoms with E-state index in [1.54, 1.807) is 36.4 Å². The van der Waals surface area contributed by atoms with Crippen molar-refractivity contribution >= 4 is 34.1 Å². The molecule has 0 radical (unpaired) electrons. The number of aromatic nitrogens is 2. The second-order valence-corrected chi connectivity index (χ2v) is 7.12. The molecular weight excluding hydrogens is 372 g/mol. The molecule has 138 valence electrons. The van der Waals surface area contributed by atoms with Gasteiger partial charge in [0, 0.05) is 5.56 Å². The minimum absolute atomic E-state index is 0.00989. The summed E-state index contributed by atoms with van der Waals surface area (Å²) >= 11 is 1.34. The summed E-state index contributed by atoms with van der Waals surface area (Å²) in [5.74, 6) is -0.751. The van der Waals surface area contributed by atoms with Gasteiger partial charge in [-0.25, -0.2) is 14.8 Å². The van der Waals surface area contributed by atoms with Crippen molar-refractivity contribution in [2.75, 3.05) is 0 Å². The Morgan fingerprint density at radius 2 is 1.57 bits per heavy atom. The van der Waals surface area contributed by atoms with Crippen LogP contribution in [-0.2, 0) is 11.3 Å². The summed E-state index contributed by atoms with van der Waals surface area (Å²) in [6, 6.07) is 17.8. The van der Waals surface area contributed by atoms with E-state index in [-0.39, 0.29) is 18.0 Å². The number of fused-ring (bicyclic) bond motifs is 1. The highest BCUT2D eigenvalue weighted by Gasteiger charge is 2.20. The van der Waals surface area contributed by atoms with Crippen molar-refractivity contribution < 1.29 is 14.3 Å². The molecular formula is C22H16N2O3S. The van der Waals surface area contributed by atoms with E-state index in [0.717, 1.165) is 11.0 Å². The Kier molecular flexibility index (Phi) is 4.95. The van der Waals surface area contributed by atoms with Crippen LogP contribution in [0, 0.1) is 6.92 Å². The predicted octanol–water partition coefficient (Wildman–Crippen LogP) is 4.59. The zero-order valence-electron chi connectivity index (χ0n) is 15.1. The normalized spacial score (nSPS) is 10.8. The van der Waals surface area contributed by atoms with Gasteiger partial charge in [-0.1, -0.05) is 36.4 Å².